The second kappa shape index (κ2) is 6.86. The van der Waals surface area contributed by atoms with Crippen LogP contribution < -0.4 is 10.9 Å². The molecule has 2 heterocycles. The van der Waals surface area contributed by atoms with Crippen molar-refractivity contribution in [2.24, 2.45) is 0 Å². The maximum atomic E-state index is 13.2. The Morgan fingerprint density at radius 1 is 1.38 bits per heavy atom. The third kappa shape index (κ3) is 3.54. The summed E-state index contributed by atoms with van der Waals surface area (Å²) in [5, 5.41) is 10.4. The molecule has 7 nitrogen and oxygen atoms in total. The van der Waals surface area contributed by atoms with Gasteiger partial charge in [0, 0.05) is 12.6 Å². The molecular weight excluding hydrogens is 315 g/mol. The first-order chi connectivity index (χ1) is 11.6. The average Bonchev–Trinajstić information content (AvgIpc) is 3.09. The van der Waals surface area contributed by atoms with Gasteiger partial charge in [-0.15, -0.1) is 5.10 Å². The van der Waals surface area contributed by atoms with E-state index in [-0.39, 0.29) is 24.4 Å². The van der Waals surface area contributed by atoms with Crippen LogP contribution in [0, 0.1) is 5.82 Å². The molecule has 8 heteroatoms. The van der Waals surface area contributed by atoms with Crippen LogP contribution in [0.25, 0.3) is 17.0 Å². The fourth-order valence-electron chi connectivity index (χ4n) is 2.08. The number of rotatable bonds is 5. The minimum atomic E-state index is -0.518. The molecule has 1 N–H and O–H groups in total. The Morgan fingerprint density at radius 3 is 3.04 bits per heavy atom. The number of fused-ring (bicyclic) bond motifs is 1. The standard InChI is InChI=1S/C16H13FN4O3/c17-11-3-5-14-13(10-11)16(23)21(20-19-14)8-7-18-15(22)6-4-12-2-1-9-24-12/h1-6,9-10H,7-8H2,(H,18,22). The molecular formula is C16H13FN4O3. The van der Waals surface area contributed by atoms with E-state index < -0.39 is 11.4 Å². The first kappa shape index (κ1) is 15.6. The van der Waals surface area contributed by atoms with Crippen molar-refractivity contribution in [1.82, 2.24) is 20.3 Å². The molecule has 3 rings (SSSR count). The van der Waals surface area contributed by atoms with Gasteiger partial charge in [0.25, 0.3) is 5.56 Å². The third-order valence-corrected chi connectivity index (χ3v) is 3.25. The molecule has 3 aromatic rings. The van der Waals surface area contributed by atoms with Crippen LogP contribution in [0.15, 0.2) is 51.9 Å². The summed E-state index contributed by atoms with van der Waals surface area (Å²) in [6.07, 6.45) is 4.36. The summed E-state index contributed by atoms with van der Waals surface area (Å²) in [6, 6.07) is 7.16. The Kier molecular flexibility index (Phi) is 4.46. The maximum absolute atomic E-state index is 13.2. The highest BCUT2D eigenvalue weighted by atomic mass is 19.1. The van der Waals surface area contributed by atoms with E-state index >= 15 is 0 Å². The number of nitrogens with zero attached hydrogens (tertiary/aromatic N) is 3. The van der Waals surface area contributed by atoms with Crippen LogP contribution in [-0.4, -0.2) is 27.4 Å². The van der Waals surface area contributed by atoms with Gasteiger partial charge in [-0.2, -0.15) is 0 Å². The van der Waals surface area contributed by atoms with Gasteiger partial charge in [0.2, 0.25) is 5.91 Å². The number of hydrogen-bond donors (Lipinski definition) is 1. The second-order valence-electron chi connectivity index (χ2n) is 4.92. The van der Waals surface area contributed by atoms with Crippen molar-refractivity contribution in [3.8, 4) is 0 Å². The third-order valence-electron chi connectivity index (χ3n) is 3.25. The average molecular weight is 328 g/mol. The van der Waals surface area contributed by atoms with Crippen molar-refractivity contribution in [3.63, 3.8) is 0 Å². The monoisotopic (exact) mass is 328 g/mol. The second-order valence-corrected chi connectivity index (χ2v) is 4.92. The molecule has 0 saturated heterocycles. The van der Waals surface area contributed by atoms with Crippen LogP contribution in [0.2, 0.25) is 0 Å². The number of amides is 1. The summed E-state index contributed by atoms with van der Waals surface area (Å²) >= 11 is 0. The SMILES string of the molecule is O=C(C=Cc1ccco1)NCCn1nnc2ccc(F)cc2c1=O. The first-order valence-electron chi connectivity index (χ1n) is 7.16. The van der Waals surface area contributed by atoms with E-state index in [1.54, 1.807) is 12.1 Å². The van der Waals surface area contributed by atoms with E-state index in [2.05, 4.69) is 15.6 Å². The number of carbonyl (C=O) groups excluding carboxylic acids is 1. The number of furan rings is 1. The highest BCUT2D eigenvalue weighted by Crippen LogP contribution is 2.07. The van der Waals surface area contributed by atoms with Crippen LogP contribution in [-0.2, 0) is 11.3 Å². The van der Waals surface area contributed by atoms with Gasteiger partial charge in [-0.25, -0.2) is 9.07 Å². The van der Waals surface area contributed by atoms with Crippen molar-refractivity contribution in [3.05, 3.63) is 64.6 Å². The zero-order valence-corrected chi connectivity index (χ0v) is 12.5. The molecule has 0 spiro atoms. The van der Waals surface area contributed by atoms with Gasteiger partial charge in [0.15, 0.2) is 0 Å². The normalized spacial score (nSPS) is 11.2. The van der Waals surface area contributed by atoms with Crippen molar-refractivity contribution in [2.45, 2.75) is 6.54 Å². The lowest BCUT2D eigenvalue weighted by Crippen LogP contribution is -2.31. The van der Waals surface area contributed by atoms with E-state index in [4.69, 9.17) is 4.42 Å². The van der Waals surface area contributed by atoms with Gasteiger partial charge in [0.05, 0.1) is 18.2 Å². The number of aromatic nitrogens is 3. The lowest BCUT2D eigenvalue weighted by molar-refractivity contribution is -0.116. The molecule has 1 amide bonds. The Balaban J connectivity index is 1.62. The molecule has 0 aliphatic heterocycles. The summed E-state index contributed by atoms with van der Waals surface area (Å²) in [6.45, 7) is 0.301. The Hall–Kier alpha value is -3.29. The van der Waals surface area contributed by atoms with Gasteiger partial charge in [-0.1, -0.05) is 5.21 Å². The Bertz CT molecular complexity index is 948. The van der Waals surface area contributed by atoms with Gasteiger partial charge >= 0.3 is 0 Å². The minimum Gasteiger partial charge on any atom is -0.465 e. The molecule has 2 aromatic heterocycles. The fraction of sp³-hybridized carbons (Fsp3) is 0.125. The molecule has 1 aromatic carbocycles. The Labute approximate surface area is 135 Å². The van der Waals surface area contributed by atoms with Crippen molar-refractivity contribution in [1.29, 1.82) is 0 Å². The molecule has 122 valence electrons. The highest BCUT2D eigenvalue weighted by molar-refractivity contribution is 5.91. The van der Waals surface area contributed by atoms with Crippen LogP contribution in [0.4, 0.5) is 4.39 Å². The molecule has 0 bridgehead atoms. The molecule has 24 heavy (non-hydrogen) atoms. The van der Waals surface area contributed by atoms with Gasteiger partial charge < -0.3 is 9.73 Å². The topological polar surface area (TPSA) is 90.0 Å². The molecule has 0 aliphatic rings. The molecule has 0 radical (unpaired) electrons. The lowest BCUT2D eigenvalue weighted by Gasteiger charge is -2.05. The predicted molar refractivity (Wildman–Crippen MR) is 84.5 cm³/mol. The first-order valence-corrected chi connectivity index (χ1v) is 7.16. The van der Waals surface area contributed by atoms with Crippen LogP contribution in [0.1, 0.15) is 5.76 Å². The number of carbonyl (C=O) groups is 1. The van der Waals surface area contributed by atoms with Crippen molar-refractivity contribution < 1.29 is 13.6 Å². The summed E-state index contributed by atoms with van der Waals surface area (Å²) < 4.78 is 19.4. The van der Waals surface area contributed by atoms with E-state index in [1.165, 1.54) is 30.5 Å². The van der Waals surface area contributed by atoms with E-state index in [0.29, 0.717) is 11.3 Å². The summed E-state index contributed by atoms with van der Waals surface area (Å²) in [5.74, 6) is -0.293. The number of halogens is 1. The highest BCUT2D eigenvalue weighted by Gasteiger charge is 2.07. The number of nitrogens with one attached hydrogen (secondary N) is 1. The minimum absolute atomic E-state index is 0.124. The largest absolute Gasteiger partial charge is 0.465 e. The zero-order valence-electron chi connectivity index (χ0n) is 12.5. The van der Waals surface area contributed by atoms with Crippen LogP contribution in [0.5, 0.6) is 0 Å². The quantitative estimate of drug-likeness (QED) is 0.714. The summed E-state index contributed by atoms with van der Waals surface area (Å²) in [4.78, 5) is 23.9. The molecule has 0 atom stereocenters. The van der Waals surface area contributed by atoms with E-state index in [1.807, 2.05) is 0 Å². The predicted octanol–water partition coefficient (Wildman–Crippen LogP) is 1.35. The fourth-order valence-corrected chi connectivity index (χ4v) is 2.08. The van der Waals surface area contributed by atoms with Gasteiger partial charge in [0.1, 0.15) is 17.1 Å². The summed E-state index contributed by atoms with van der Waals surface area (Å²) in [7, 11) is 0. The molecule has 0 saturated carbocycles. The van der Waals surface area contributed by atoms with Crippen molar-refractivity contribution in [2.75, 3.05) is 6.54 Å². The smallest absolute Gasteiger partial charge is 0.277 e. The van der Waals surface area contributed by atoms with Gasteiger partial charge in [-0.05, 0) is 36.4 Å². The number of benzene rings is 1. The molecule has 0 aliphatic carbocycles. The maximum Gasteiger partial charge on any atom is 0.277 e. The van der Waals surface area contributed by atoms with Gasteiger partial charge in [-0.3, -0.25) is 9.59 Å². The summed E-state index contributed by atoms with van der Waals surface area (Å²) in [5.41, 5.74) is -0.136. The van der Waals surface area contributed by atoms with Crippen LogP contribution >= 0.6 is 0 Å². The zero-order chi connectivity index (χ0) is 16.9. The Morgan fingerprint density at radius 2 is 2.25 bits per heavy atom. The molecule has 0 unspecified atom stereocenters. The van der Waals surface area contributed by atoms with E-state index in [9.17, 15) is 14.0 Å². The van der Waals surface area contributed by atoms with Crippen molar-refractivity contribution >= 4 is 22.9 Å². The number of hydrogen-bond acceptors (Lipinski definition) is 5. The van der Waals surface area contributed by atoms with Crippen LogP contribution in [0.3, 0.4) is 0 Å². The lowest BCUT2D eigenvalue weighted by atomic mass is 10.2. The van der Waals surface area contributed by atoms with E-state index in [0.717, 1.165) is 10.7 Å². The molecule has 0 fully saturated rings.